The number of carbonyl (C=O) groups is 2. The maximum Gasteiger partial charge on any atom is 0.241 e. The van der Waals surface area contributed by atoms with Crippen molar-refractivity contribution >= 4 is 23.1 Å². The van der Waals surface area contributed by atoms with E-state index in [1.165, 1.54) is 0 Å². The van der Waals surface area contributed by atoms with E-state index in [1.54, 1.807) is 24.3 Å². The number of anilines is 2. The summed E-state index contributed by atoms with van der Waals surface area (Å²) in [7, 11) is 3.81. The van der Waals surface area contributed by atoms with Gasteiger partial charge in [-0.1, -0.05) is 50.6 Å². The summed E-state index contributed by atoms with van der Waals surface area (Å²) in [5.74, 6) is -0.356. The Balaban J connectivity index is 2.40. The van der Waals surface area contributed by atoms with E-state index < -0.39 is 6.04 Å². The van der Waals surface area contributed by atoms with Crippen LogP contribution in [0, 0.1) is 5.92 Å². The highest BCUT2D eigenvalue weighted by Crippen LogP contribution is 2.25. The molecule has 0 spiro atoms. The largest absolute Gasteiger partial charge is 0.378 e. The average Bonchev–Trinajstić information content (AvgIpc) is 2.66. The molecule has 5 heteroatoms. The first kappa shape index (κ1) is 19.7. The van der Waals surface area contributed by atoms with Crippen LogP contribution in [0.4, 0.5) is 11.4 Å². The second kappa shape index (κ2) is 8.63. The van der Waals surface area contributed by atoms with E-state index in [1.807, 2.05) is 57.1 Å². The van der Waals surface area contributed by atoms with Crippen molar-refractivity contribution in [3.05, 3.63) is 59.7 Å². The number of amides is 1. The molecule has 1 amide bonds. The lowest BCUT2D eigenvalue weighted by atomic mass is 9.98. The predicted octanol–water partition coefficient (Wildman–Crippen LogP) is 3.30. The van der Waals surface area contributed by atoms with E-state index in [2.05, 4.69) is 5.32 Å². The zero-order valence-electron chi connectivity index (χ0n) is 15.8. The van der Waals surface area contributed by atoms with E-state index in [4.69, 9.17) is 5.73 Å². The molecule has 0 aliphatic carbocycles. The molecule has 0 aliphatic heterocycles. The molecular weight excluding hydrogens is 326 g/mol. The molecule has 0 aromatic heterocycles. The summed E-state index contributed by atoms with van der Waals surface area (Å²) in [6.07, 6.45) is 0.809. The molecule has 0 fully saturated rings. The highest BCUT2D eigenvalue weighted by molar-refractivity contribution is 6.14. The summed E-state index contributed by atoms with van der Waals surface area (Å²) in [6, 6.07) is 13.8. The third-order valence-corrected chi connectivity index (χ3v) is 4.62. The Morgan fingerprint density at radius 3 is 2.35 bits per heavy atom. The minimum absolute atomic E-state index is 0.0596. The predicted molar refractivity (Wildman–Crippen MR) is 107 cm³/mol. The van der Waals surface area contributed by atoms with Gasteiger partial charge in [0.15, 0.2) is 5.78 Å². The second-order valence-corrected chi connectivity index (χ2v) is 6.72. The molecule has 0 aliphatic rings. The minimum atomic E-state index is -0.617. The van der Waals surface area contributed by atoms with Gasteiger partial charge < -0.3 is 16.0 Å². The van der Waals surface area contributed by atoms with E-state index in [9.17, 15) is 9.59 Å². The second-order valence-electron chi connectivity index (χ2n) is 6.72. The quantitative estimate of drug-likeness (QED) is 0.749. The number of ketones is 1. The summed E-state index contributed by atoms with van der Waals surface area (Å²) in [5, 5.41) is 2.84. The molecule has 26 heavy (non-hydrogen) atoms. The third kappa shape index (κ3) is 4.49. The lowest BCUT2D eigenvalue weighted by molar-refractivity contribution is -0.118. The summed E-state index contributed by atoms with van der Waals surface area (Å²) < 4.78 is 0. The fraction of sp³-hybridized carbons (Fsp3) is 0.333. The van der Waals surface area contributed by atoms with Crippen LogP contribution in [0.15, 0.2) is 48.5 Å². The van der Waals surface area contributed by atoms with Gasteiger partial charge in [0.2, 0.25) is 5.91 Å². The Hall–Kier alpha value is -2.66. The Labute approximate surface area is 155 Å². The molecular formula is C21H27N3O2. The van der Waals surface area contributed by atoms with Crippen LogP contribution in [-0.4, -0.2) is 31.8 Å². The number of hydrogen-bond acceptors (Lipinski definition) is 4. The molecule has 0 bridgehead atoms. The van der Waals surface area contributed by atoms with E-state index in [0.29, 0.717) is 16.8 Å². The van der Waals surface area contributed by atoms with Gasteiger partial charge in [-0.05, 0) is 24.1 Å². The smallest absolute Gasteiger partial charge is 0.241 e. The number of nitrogens with two attached hydrogens (primary N) is 1. The Morgan fingerprint density at radius 2 is 1.77 bits per heavy atom. The Bertz CT molecular complexity index is 772. The summed E-state index contributed by atoms with van der Waals surface area (Å²) in [4.78, 5) is 27.4. The molecule has 0 radical (unpaired) electrons. The van der Waals surface area contributed by atoms with Crippen LogP contribution in [0.25, 0.3) is 0 Å². The average molecular weight is 353 g/mol. The zero-order valence-corrected chi connectivity index (χ0v) is 15.8. The molecule has 0 saturated carbocycles. The summed E-state index contributed by atoms with van der Waals surface area (Å²) >= 11 is 0. The molecule has 5 nitrogen and oxygen atoms in total. The van der Waals surface area contributed by atoms with Gasteiger partial charge in [0, 0.05) is 30.9 Å². The molecule has 2 rings (SSSR count). The van der Waals surface area contributed by atoms with Gasteiger partial charge in [-0.2, -0.15) is 0 Å². The van der Waals surface area contributed by atoms with E-state index in [-0.39, 0.29) is 17.6 Å². The first-order chi connectivity index (χ1) is 12.3. The van der Waals surface area contributed by atoms with Gasteiger partial charge in [0.1, 0.15) is 0 Å². The number of nitrogens with one attached hydrogen (secondary N) is 1. The lowest BCUT2D eigenvalue weighted by Crippen LogP contribution is -2.40. The van der Waals surface area contributed by atoms with Gasteiger partial charge in [0.05, 0.1) is 11.7 Å². The Morgan fingerprint density at radius 1 is 1.12 bits per heavy atom. The number of benzene rings is 2. The number of carbonyl (C=O) groups excluding carboxylic acids is 2. The van der Waals surface area contributed by atoms with Crippen LogP contribution in [0.5, 0.6) is 0 Å². The normalized spacial score (nSPS) is 13.0. The first-order valence-electron chi connectivity index (χ1n) is 8.82. The number of hydrogen-bond donors (Lipinski definition) is 2. The summed E-state index contributed by atoms with van der Waals surface area (Å²) in [5.41, 5.74) is 8.42. The molecule has 2 atom stereocenters. The standard InChI is InChI=1S/C21H27N3O2/c1-5-14(2)19(22)21(26)23-18-12-11-16(24(3)4)13-17(18)20(25)15-9-7-6-8-10-15/h6-14,19H,5,22H2,1-4H3,(H,23,26)/t14-,19-/m0/s1. The van der Waals surface area contributed by atoms with Crippen molar-refractivity contribution in [3.63, 3.8) is 0 Å². The van der Waals surface area contributed by atoms with Gasteiger partial charge in [-0.25, -0.2) is 0 Å². The minimum Gasteiger partial charge on any atom is -0.378 e. The van der Waals surface area contributed by atoms with Crippen LogP contribution in [0.1, 0.15) is 36.2 Å². The van der Waals surface area contributed by atoms with Gasteiger partial charge in [-0.3, -0.25) is 9.59 Å². The molecule has 0 unspecified atom stereocenters. The molecule has 138 valence electrons. The SMILES string of the molecule is CC[C@H](C)[C@H](N)C(=O)Nc1ccc(N(C)C)cc1C(=O)c1ccccc1. The van der Waals surface area contributed by atoms with Crippen LogP contribution in [-0.2, 0) is 4.79 Å². The van der Waals surface area contributed by atoms with E-state index >= 15 is 0 Å². The van der Waals surface area contributed by atoms with Crippen molar-refractivity contribution in [1.29, 1.82) is 0 Å². The topological polar surface area (TPSA) is 75.4 Å². The van der Waals surface area contributed by atoms with Crippen molar-refractivity contribution < 1.29 is 9.59 Å². The molecule has 2 aromatic rings. The fourth-order valence-corrected chi connectivity index (χ4v) is 2.58. The number of nitrogens with zero attached hydrogens (tertiary/aromatic N) is 1. The monoisotopic (exact) mass is 353 g/mol. The van der Waals surface area contributed by atoms with Crippen molar-refractivity contribution in [3.8, 4) is 0 Å². The lowest BCUT2D eigenvalue weighted by Gasteiger charge is -2.20. The number of rotatable bonds is 7. The molecule has 3 N–H and O–H groups in total. The van der Waals surface area contributed by atoms with Gasteiger partial charge >= 0.3 is 0 Å². The zero-order chi connectivity index (χ0) is 19.3. The van der Waals surface area contributed by atoms with Crippen molar-refractivity contribution in [2.45, 2.75) is 26.3 Å². The highest BCUT2D eigenvalue weighted by Gasteiger charge is 2.22. The van der Waals surface area contributed by atoms with Crippen LogP contribution in [0.3, 0.4) is 0 Å². The third-order valence-electron chi connectivity index (χ3n) is 4.62. The molecule has 2 aromatic carbocycles. The van der Waals surface area contributed by atoms with Crippen LogP contribution < -0.4 is 16.0 Å². The van der Waals surface area contributed by atoms with Crippen molar-refractivity contribution in [2.75, 3.05) is 24.3 Å². The van der Waals surface area contributed by atoms with Gasteiger partial charge in [-0.15, -0.1) is 0 Å². The molecule has 0 saturated heterocycles. The molecule has 0 heterocycles. The van der Waals surface area contributed by atoms with Crippen LogP contribution in [0.2, 0.25) is 0 Å². The van der Waals surface area contributed by atoms with E-state index in [0.717, 1.165) is 12.1 Å². The highest BCUT2D eigenvalue weighted by atomic mass is 16.2. The van der Waals surface area contributed by atoms with Gasteiger partial charge in [0.25, 0.3) is 0 Å². The fourth-order valence-electron chi connectivity index (χ4n) is 2.58. The maximum atomic E-state index is 13.0. The first-order valence-corrected chi connectivity index (χ1v) is 8.82. The maximum absolute atomic E-state index is 13.0. The van der Waals surface area contributed by atoms with Crippen LogP contribution >= 0.6 is 0 Å². The van der Waals surface area contributed by atoms with Crippen molar-refractivity contribution in [1.82, 2.24) is 0 Å². The van der Waals surface area contributed by atoms with Crippen molar-refractivity contribution in [2.24, 2.45) is 11.7 Å². The Kier molecular flexibility index (Phi) is 6.52. The summed E-state index contributed by atoms with van der Waals surface area (Å²) in [6.45, 7) is 3.93.